The molecule has 0 bridgehead atoms. The van der Waals surface area contributed by atoms with E-state index in [0.29, 0.717) is 5.69 Å². The van der Waals surface area contributed by atoms with Gasteiger partial charge in [0.05, 0.1) is 12.0 Å². The standard InChI is InChI=1S/C15H16N2O4S/c1-21-15(18)10-17-22(19,20)14-8-4-12(5-9-14)11-2-6-13(16)7-3-11/h2-9,17H,10,16H2,1H3. The molecule has 2 rings (SSSR count). The van der Waals surface area contributed by atoms with Crippen molar-refractivity contribution in [1.82, 2.24) is 4.72 Å². The summed E-state index contributed by atoms with van der Waals surface area (Å²) in [6, 6.07) is 13.6. The molecule has 0 saturated carbocycles. The van der Waals surface area contributed by atoms with Crippen molar-refractivity contribution in [2.75, 3.05) is 19.4 Å². The van der Waals surface area contributed by atoms with E-state index in [1.807, 2.05) is 12.1 Å². The molecule has 0 aliphatic rings. The van der Waals surface area contributed by atoms with E-state index in [1.54, 1.807) is 24.3 Å². The zero-order valence-corrected chi connectivity index (χ0v) is 12.8. The lowest BCUT2D eigenvalue weighted by molar-refractivity contribution is -0.139. The zero-order valence-electron chi connectivity index (χ0n) is 11.9. The van der Waals surface area contributed by atoms with Gasteiger partial charge in [0.25, 0.3) is 0 Å². The molecule has 7 heteroatoms. The lowest BCUT2D eigenvalue weighted by atomic mass is 10.1. The largest absolute Gasteiger partial charge is 0.468 e. The van der Waals surface area contributed by atoms with E-state index in [4.69, 9.17) is 5.73 Å². The van der Waals surface area contributed by atoms with Gasteiger partial charge in [-0.1, -0.05) is 24.3 Å². The molecule has 0 heterocycles. The average Bonchev–Trinajstić information content (AvgIpc) is 2.53. The number of ether oxygens (including phenoxy) is 1. The topological polar surface area (TPSA) is 98.5 Å². The minimum absolute atomic E-state index is 0.0793. The second kappa shape index (κ2) is 6.59. The number of hydrogen-bond donors (Lipinski definition) is 2. The highest BCUT2D eigenvalue weighted by Gasteiger charge is 2.15. The van der Waals surface area contributed by atoms with Crippen molar-refractivity contribution < 1.29 is 17.9 Å². The van der Waals surface area contributed by atoms with Crippen LogP contribution in [0.3, 0.4) is 0 Å². The zero-order chi connectivity index (χ0) is 16.2. The van der Waals surface area contributed by atoms with Crippen LogP contribution in [0.25, 0.3) is 11.1 Å². The molecule has 0 radical (unpaired) electrons. The molecule has 0 atom stereocenters. The maximum atomic E-state index is 12.0. The number of nitrogens with one attached hydrogen (secondary N) is 1. The third kappa shape index (κ3) is 3.84. The fraction of sp³-hybridized carbons (Fsp3) is 0.133. The van der Waals surface area contributed by atoms with E-state index in [-0.39, 0.29) is 4.90 Å². The summed E-state index contributed by atoms with van der Waals surface area (Å²) in [6.45, 7) is -0.404. The summed E-state index contributed by atoms with van der Waals surface area (Å²) in [4.78, 5) is 11.1. The molecule has 6 nitrogen and oxygen atoms in total. The Morgan fingerprint density at radius 3 is 2.05 bits per heavy atom. The van der Waals surface area contributed by atoms with Crippen molar-refractivity contribution >= 4 is 21.7 Å². The molecule has 0 aliphatic carbocycles. The molecule has 0 amide bonds. The number of sulfonamides is 1. The fourth-order valence-electron chi connectivity index (χ4n) is 1.81. The molecule has 0 saturated heterocycles. The van der Waals surface area contributed by atoms with Crippen LogP contribution in [-0.4, -0.2) is 28.0 Å². The Kier molecular flexibility index (Phi) is 4.79. The van der Waals surface area contributed by atoms with Crippen LogP contribution >= 0.6 is 0 Å². The minimum atomic E-state index is -3.74. The van der Waals surface area contributed by atoms with Crippen LogP contribution in [-0.2, 0) is 19.6 Å². The monoisotopic (exact) mass is 320 g/mol. The first-order chi connectivity index (χ1) is 10.4. The number of nitrogens with two attached hydrogens (primary N) is 1. The number of benzene rings is 2. The molecule has 2 aromatic rings. The predicted octanol–water partition coefficient (Wildman–Crippen LogP) is 1.39. The van der Waals surface area contributed by atoms with Gasteiger partial charge in [0.1, 0.15) is 6.54 Å². The summed E-state index contributed by atoms with van der Waals surface area (Å²) >= 11 is 0. The van der Waals surface area contributed by atoms with Gasteiger partial charge in [0.15, 0.2) is 0 Å². The average molecular weight is 320 g/mol. The Labute approximate surface area is 129 Å². The number of hydrogen-bond acceptors (Lipinski definition) is 5. The molecule has 0 aromatic heterocycles. The van der Waals surface area contributed by atoms with Crippen LogP contribution in [0.1, 0.15) is 0 Å². The molecule has 2 aromatic carbocycles. The van der Waals surface area contributed by atoms with Gasteiger partial charge in [0, 0.05) is 5.69 Å². The third-order valence-electron chi connectivity index (χ3n) is 3.04. The van der Waals surface area contributed by atoms with Crippen molar-refractivity contribution in [2.24, 2.45) is 0 Å². The number of nitrogen functional groups attached to an aromatic ring is 1. The molecule has 22 heavy (non-hydrogen) atoms. The summed E-state index contributed by atoms with van der Waals surface area (Å²) in [5, 5.41) is 0. The molecule has 116 valence electrons. The summed E-state index contributed by atoms with van der Waals surface area (Å²) < 4.78 is 30.6. The Balaban J connectivity index is 2.17. The van der Waals surface area contributed by atoms with Gasteiger partial charge < -0.3 is 10.5 Å². The Morgan fingerprint density at radius 1 is 1.05 bits per heavy atom. The van der Waals surface area contributed by atoms with Crippen LogP contribution in [0, 0.1) is 0 Å². The van der Waals surface area contributed by atoms with Gasteiger partial charge in [-0.2, -0.15) is 4.72 Å². The van der Waals surface area contributed by atoms with Gasteiger partial charge in [-0.25, -0.2) is 8.42 Å². The normalized spacial score (nSPS) is 11.1. The van der Waals surface area contributed by atoms with Crippen LogP contribution in [0.4, 0.5) is 5.69 Å². The third-order valence-corrected chi connectivity index (χ3v) is 4.46. The summed E-state index contributed by atoms with van der Waals surface area (Å²) in [5.74, 6) is -0.651. The van der Waals surface area contributed by atoms with Gasteiger partial charge in [-0.3, -0.25) is 4.79 Å². The minimum Gasteiger partial charge on any atom is -0.468 e. The lowest BCUT2D eigenvalue weighted by Gasteiger charge is -2.07. The Hall–Kier alpha value is -2.38. The molecule has 0 aliphatic heterocycles. The van der Waals surface area contributed by atoms with E-state index in [1.165, 1.54) is 19.2 Å². The van der Waals surface area contributed by atoms with Crippen molar-refractivity contribution in [2.45, 2.75) is 4.90 Å². The maximum Gasteiger partial charge on any atom is 0.320 e. The van der Waals surface area contributed by atoms with Crippen molar-refractivity contribution in [1.29, 1.82) is 0 Å². The summed E-state index contributed by atoms with van der Waals surface area (Å²) in [6.07, 6.45) is 0. The quantitative estimate of drug-likeness (QED) is 0.641. The van der Waals surface area contributed by atoms with Crippen LogP contribution in [0.5, 0.6) is 0 Å². The SMILES string of the molecule is COC(=O)CNS(=O)(=O)c1ccc(-c2ccc(N)cc2)cc1. The number of carbonyl (C=O) groups is 1. The molecule has 0 fully saturated rings. The Morgan fingerprint density at radius 2 is 1.55 bits per heavy atom. The number of methoxy groups -OCH3 is 1. The number of anilines is 1. The maximum absolute atomic E-state index is 12.0. The molecule has 3 N–H and O–H groups in total. The first-order valence-electron chi connectivity index (χ1n) is 6.45. The highest BCUT2D eigenvalue weighted by atomic mass is 32.2. The first kappa shape index (κ1) is 16.0. The van der Waals surface area contributed by atoms with Gasteiger partial charge >= 0.3 is 5.97 Å². The summed E-state index contributed by atoms with van der Waals surface area (Å²) in [7, 11) is -2.55. The van der Waals surface area contributed by atoms with E-state index in [9.17, 15) is 13.2 Å². The fourth-order valence-corrected chi connectivity index (χ4v) is 2.78. The van der Waals surface area contributed by atoms with Crippen LogP contribution < -0.4 is 10.5 Å². The Bertz CT molecular complexity index is 753. The van der Waals surface area contributed by atoms with E-state index in [0.717, 1.165) is 11.1 Å². The molecular weight excluding hydrogens is 304 g/mol. The predicted molar refractivity (Wildman–Crippen MR) is 83.5 cm³/mol. The van der Waals surface area contributed by atoms with Gasteiger partial charge in [-0.15, -0.1) is 0 Å². The smallest absolute Gasteiger partial charge is 0.320 e. The van der Waals surface area contributed by atoms with Crippen molar-refractivity contribution in [3.63, 3.8) is 0 Å². The second-order valence-corrected chi connectivity index (χ2v) is 6.31. The number of rotatable bonds is 5. The van der Waals surface area contributed by atoms with Crippen molar-refractivity contribution in [3.05, 3.63) is 48.5 Å². The van der Waals surface area contributed by atoms with Gasteiger partial charge in [-0.05, 0) is 35.4 Å². The van der Waals surface area contributed by atoms with Crippen LogP contribution in [0.15, 0.2) is 53.4 Å². The molecular formula is C15H16N2O4S. The summed E-state index contributed by atoms with van der Waals surface area (Å²) in [5.41, 5.74) is 8.09. The number of esters is 1. The second-order valence-electron chi connectivity index (χ2n) is 4.55. The van der Waals surface area contributed by atoms with Gasteiger partial charge in [0.2, 0.25) is 10.0 Å². The van der Waals surface area contributed by atoms with E-state index < -0.39 is 22.5 Å². The lowest BCUT2D eigenvalue weighted by Crippen LogP contribution is -2.30. The molecule has 0 spiro atoms. The highest BCUT2D eigenvalue weighted by Crippen LogP contribution is 2.22. The van der Waals surface area contributed by atoms with E-state index >= 15 is 0 Å². The first-order valence-corrected chi connectivity index (χ1v) is 7.93. The van der Waals surface area contributed by atoms with E-state index in [2.05, 4.69) is 9.46 Å². The number of carbonyl (C=O) groups excluding carboxylic acids is 1. The van der Waals surface area contributed by atoms with Crippen molar-refractivity contribution in [3.8, 4) is 11.1 Å². The van der Waals surface area contributed by atoms with Crippen LogP contribution in [0.2, 0.25) is 0 Å². The molecule has 0 unspecified atom stereocenters. The highest BCUT2D eigenvalue weighted by molar-refractivity contribution is 7.89.